The maximum absolute atomic E-state index is 13.1. The first-order chi connectivity index (χ1) is 11.7. The lowest BCUT2D eigenvalue weighted by Crippen LogP contribution is -2.40. The van der Waals surface area contributed by atoms with Gasteiger partial charge in [0.1, 0.15) is 5.82 Å². The minimum absolute atomic E-state index is 0.253. The van der Waals surface area contributed by atoms with Gasteiger partial charge in [-0.3, -0.25) is 4.79 Å². The average Bonchev–Trinajstić information content (AvgIpc) is 3.47. The van der Waals surface area contributed by atoms with Crippen molar-refractivity contribution >= 4 is 5.91 Å². The number of carbonyl (C=O) groups is 1. The summed E-state index contributed by atoms with van der Waals surface area (Å²) in [4.78, 5) is 23.3. The van der Waals surface area contributed by atoms with Gasteiger partial charge in [-0.25, -0.2) is 14.4 Å². The number of aromatic nitrogens is 2. The van der Waals surface area contributed by atoms with Gasteiger partial charge in [0.15, 0.2) is 5.82 Å². The van der Waals surface area contributed by atoms with Crippen molar-refractivity contribution in [2.24, 2.45) is 5.92 Å². The highest BCUT2D eigenvalue weighted by Gasteiger charge is 2.35. The van der Waals surface area contributed by atoms with Crippen LogP contribution in [-0.4, -0.2) is 33.9 Å². The molecular formula is C19H20FN3O. The lowest BCUT2D eigenvalue weighted by Gasteiger charge is -2.32. The van der Waals surface area contributed by atoms with Gasteiger partial charge >= 0.3 is 0 Å². The standard InChI is InChI=1S/C19H20FN3O/c20-16-7-5-13(6-8-16)18-21-10-9-17(22-18)15-2-1-11-23(12-15)19(24)14-3-4-14/h5-10,14-15H,1-4,11-12H2/t15-/m0/s1. The Hall–Kier alpha value is -2.30. The number of nitrogens with zero attached hydrogens (tertiary/aromatic N) is 3. The number of benzene rings is 1. The Bertz CT molecular complexity index is 743. The van der Waals surface area contributed by atoms with Crippen LogP contribution in [0.3, 0.4) is 0 Å². The van der Waals surface area contributed by atoms with E-state index < -0.39 is 0 Å². The first kappa shape index (κ1) is 15.2. The molecule has 1 saturated carbocycles. The molecule has 1 amide bonds. The number of likely N-dealkylation sites (tertiary alicyclic amines) is 1. The third-order valence-electron chi connectivity index (χ3n) is 4.86. The van der Waals surface area contributed by atoms with Crippen molar-refractivity contribution in [2.45, 2.75) is 31.6 Å². The van der Waals surface area contributed by atoms with Crippen LogP contribution in [0.15, 0.2) is 36.5 Å². The van der Waals surface area contributed by atoms with Gasteiger partial charge in [-0.05, 0) is 56.0 Å². The molecule has 124 valence electrons. The highest BCUT2D eigenvalue weighted by Crippen LogP contribution is 2.34. The number of piperidine rings is 1. The Morgan fingerprint density at radius 2 is 1.92 bits per heavy atom. The second kappa shape index (κ2) is 6.30. The molecule has 0 bridgehead atoms. The molecule has 1 aliphatic carbocycles. The maximum atomic E-state index is 13.1. The van der Waals surface area contributed by atoms with Gasteiger partial charge in [0.25, 0.3) is 0 Å². The second-order valence-corrected chi connectivity index (χ2v) is 6.71. The molecule has 4 rings (SSSR count). The summed E-state index contributed by atoms with van der Waals surface area (Å²) >= 11 is 0. The molecule has 1 aliphatic heterocycles. The van der Waals surface area contributed by atoms with Crippen LogP contribution in [0, 0.1) is 11.7 Å². The highest BCUT2D eigenvalue weighted by atomic mass is 19.1. The van der Waals surface area contributed by atoms with E-state index in [0.29, 0.717) is 11.7 Å². The fraction of sp³-hybridized carbons (Fsp3) is 0.421. The minimum Gasteiger partial charge on any atom is -0.342 e. The lowest BCUT2D eigenvalue weighted by molar-refractivity contribution is -0.133. The topological polar surface area (TPSA) is 46.1 Å². The summed E-state index contributed by atoms with van der Waals surface area (Å²) in [5, 5.41) is 0. The molecular weight excluding hydrogens is 305 g/mol. The van der Waals surface area contributed by atoms with E-state index >= 15 is 0 Å². The third kappa shape index (κ3) is 3.16. The molecule has 5 heteroatoms. The van der Waals surface area contributed by atoms with Crippen LogP contribution in [0.2, 0.25) is 0 Å². The van der Waals surface area contributed by atoms with Gasteiger partial charge in [0, 0.05) is 42.4 Å². The van der Waals surface area contributed by atoms with Gasteiger partial charge in [0.2, 0.25) is 5.91 Å². The van der Waals surface area contributed by atoms with Gasteiger partial charge in [-0.2, -0.15) is 0 Å². The summed E-state index contributed by atoms with van der Waals surface area (Å²) in [7, 11) is 0. The molecule has 0 unspecified atom stereocenters. The van der Waals surface area contributed by atoms with Crippen LogP contribution in [0.1, 0.15) is 37.3 Å². The number of amides is 1. The summed E-state index contributed by atoms with van der Waals surface area (Å²) in [5.41, 5.74) is 1.78. The van der Waals surface area contributed by atoms with E-state index in [-0.39, 0.29) is 17.7 Å². The Labute approximate surface area is 140 Å². The molecule has 2 aromatic rings. The van der Waals surface area contributed by atoms with E-state index in [2.05, 4.69) is 9.97 Å². The molecule has 4 nitrogen and oxygen atoms in total. The summed E-state index contributed by atoms with van der Waals surface area (Å²) in [6.45, 7) is 1.61. The van der Waals surface area contributed by atoms with E-state index in [9.17, 15) is 9.18 Å². The quantitative estimate of drug-likeness (QED) is 0.869. The van der Waals surface area contributed by atoms with Crippen molar-refractivity contribution in [2.75, 3.05) is 13.1 Å². The molecule has 0 spiro atoms. The minimum atomic E-state index is -0.267. The Morgan fingerprint density at radius 1 is 1.12 bits per heavy atom. The molecule has 2 heterocycles. The Balaban J connectivity index is 1.54. The molecule has 1 atom stereocenters. The van der Waals surface area contributed by atoms with Crippen molar-refractivity contribution in [3.63, 3.8) is 0 Å². The molecule has 24 heavy (non-hydrogen) atoms. The van der Waals surface area contributed by atoms with E-state index in [1.165, 1.54) is 12.1 Å². The molecule has 1 saturated heterocycles. The zero-order valence-electron chi connectivity index (χ0n) is 13.5. The van der Waals surface area contributed by atoms with Crippen molar-refractivity contribution in [3.8, 4) is 11.4 Å². The summed E-state index contributed by atoms with van der Waals surface area (Å²) in [5.74, 6) is 1.18. The van der Waals surface area contributed by atoms with Gasteiger partial charge < -0.3 is 4.90 Å². The first-order valence-corrected chi connectivity index (χ1v) is 8.58. The smallest absolute Gasteiger partial charge is 0.225 e. The summed E-state index contributed by atoms with van der Waals surface area (Å²) < 4.78 is 13.1. The molecule has 0 radical (unpaired) electrons. The molecule has 0 N–H and O–H groups in total. The number of hydrogen-bond donors (Lipinski definition) is 0. The monoisotopic (exact) mass is 325 g/mol. The van der Waals surface area contributed by atoms with Crippen molar-refractivity contribution in [1.82, 2.24) is 14.9 Å². The largest absolute Gasteiger partial charge is 0.342 e. The molecule has 2 aliphatic rings. The zero-order valence-corrected chi connectivity index (χ0v) is 13.5. The van der Waals surface area contributed by atoms with Crippen molar-refractivity contribution in [3.05, 3.63) is 48.0 Å². The summed E-state index contributed by atoms with van der Waals surface area (Å²) in [6, 6.07) is 8.16. The van der Waals surface area contributed by atoms with Gasteiger partial charge in [-0.1, -0.05) is 0 Å². The van der Waals surface area contributed by atoms with E-state index in [1.807, 2.05) is 11.0 Å². The first-order valence-electron chi connectivity index (χ1n) is 8.58. The van der Waals surface area contributed by atoms with Crippen LogP contribution in [-0.2, 0) is 4.79 Å². The fourth-order valence-electron chi connectivity index (χ4n) is 3.35. The average molecular weight is 325 g/mol. The Morgan fingerprint density at radius 3 is 2.67 bits per heavy atom. The van der Waals surface area contributed by atoms with Crippen molar-refractivity contribution < 1.29 is 9.18 Å². The number of carbonyl (C=O) groups excluding carboxylic acids is 1. The highest BCUT2D eigenvalue weighted by molar-refractivity contribution is 5.81. The van der Waals surface area contributed by atoms with Crippen LogP contribution in [0.5, 0.6) is 0 Å². The van der Waals surface area contributed by atoms with Crippen LogP contribution < -0.4 is 0 Å². The second-order valence-electron chi connectivity index (χ2n) is 6.71. The van der Waals surface area contributed by atoms with Crippen LogP contribution >= 0.6 is 0 Å². The van der Waals surface area contributed by atoms with E-state index in [0.717, 1.165) is 50.0 Å². The van der Waals surface area contributed by atoms with E-state index in [1.54, 1.807) is 18.3 Å². The molecule has 1 aromatic heterocycles. The fourth-order valence-corrected chi connectivity index (χ4v) is 3.35. The predicted molar refractivity (Wildman–Crippen MR) is 88.7 cm³/mol. The SMILES string of the molecule is O=C(C1CC1)N1CCC[C@H](c2ccnc(-c3ccc(F)cc3)n2)C1. The van der Waals surface area contributed by atoms with Gasteiger partial charge in [-0.15, -0.1) is 0 Å². The Kier molecular flexibility index (Phi) is 4.00. The predicted octanol–water partition coefficient (Wildman–Crippen LogP) is 3.40. The van der Waals surface area contributed by atoms with Crippen LogP contribution in [0.25, 0.3) is 11.4 Å². The van der Waals surface area contributed by atoms with Crippen LogP contribution in [0.4, 0.5) is 4.39 Å². The number of rotatable bonds is 3. The molecule has 1 aromatic carbocycles. The number of hydrogen-bond acceptors (Lipinski definition) is 3. The lowest BCUT2D eigenvalue weighted by atomic mass is 9.94. The summed E-state index contributed by atoms with van der Waals surface area (Å²) in [6.07, 6.45) is 5.89. The normalized spacial score (nSPS) is 20.9. The zero-order chi connectivity index (χ0) is 16.5. The third-order valence-corrected chi connectivity index (χ3v) is 4.86. The molecule has 2 fully saturated rings. The number of halogens is 1. The van der Waals surface area contributed by atoms with E-state index in [4.69, 9.17) is 0 Å². The maximum Gasteiger partial charge on any atom is 0.225 e. The van der Waals surface area contributed by atoms with Gasteiger partial charge in [0.05, 0.1) is 0 Å². The van der Waals surface area contributed by atoms with Crippen molar-refractivity contribution in [1.29, 1.82) is 0 Å².